The molecule has 0 amide bonds. The first-order chi connectivity index (χ1) is 18.4. The van der Waals surface area contributed by atoms with Crippen molar-refractivity contribution < 1.29 is 5.11 Å². The van der Waals surface area contributed by atoms with Gasteiger partial charge in [0.25, 0.3) is 0 Å². The van der Waals surface area contributed by atoms with Crippen LogP contribution in [0.1, 0.15) is 132 Å². The van der Waals surface area contributed by atoms with Crippen molar-refractivity contribution in [3.63, 3.8) is 0 Å². The van der Waals surface area contributed by atoms with Crippen molar-refractivity contribution in [1.29, 1.82) is 0 Å². The highest BCUT2D eigenvalue weighted by molar-refractivity contribution is 6.03. The van der Waals surface area contributed by atoms with Gasteiger partial charge in [0.1, 0.15) is 0 Å². The van der Waals surface area contributed by atoms with Crippen LogP contribution in [0.5, 0.6) is 0 Å². The van der Waals surface area contributed by atoms with Crippen LogP contribution >= 0.6 is 0 Å². The Labute approximate surface area is 230 Å². The van der Waals surface area contributed by atoms with Crippen LogP contribution in [0.3, 0.4) is 0 Å². The van der Waals surface area contributed by atoms with Gasteiger partial charge in [0, 0.05) is 5.41 Å². The van der Waals surface area contributed by atoms with E-state index in [1.54, 1.807) is 16.7 Å². The van der Waals surface area contributed by atoms with Crippen LogP contribution in [-0.4, -0.2) is 5.11 Å². The maximum Gasteiger partial charge on any atom is 0.0966 e. The van der Waals surface area contributed by atoms with Crippen molar-refractivity contribution in [1.82, 2.24) is 0 Å². The molecule has 5 aliphatic carbocycles. The van der Waals surface area contributed by atoms with Crippen molar-refractivity contribution in [2.24, 2.45) is 16.7 Å². The molecule has 1 nitrogen and oxygen atoms in total. The average molecular weight is 507 g/mol. The minimum absolute atomic E-state index is 0.105. The molecule has 3 unspecified atom stereocenters. The third-order valence-electron chi connectivity index (χ3n) is 12.3. The molecule has 38 heavy (non-hydrogen) atoms. The molecule has 0 aromatic heterocycles. The van der Waals surface area contributed by atoms with Gasteiger partial charge in [-0.1, -0.05) is 88.6 Å². The molecule has 3 fully saturated rings. The van der Waals surface area contributed by atoms with E-state index in [0.717, 1.165) is 25.7 Å². The van der Waals surface area contributed by atoms with Crippen LogP contribution in [0.4, 0.5) is 0 Å². The van der Waals surface area contributed by atoms with Gasteiger partial charge in [0.15, 0.2) is 0 Å². The average Bonchev–Trinajstić information content (AvgIpc) is 3.59. The van der Waals surface area contributed by atoms with Gasteiger partial charge in [0.2, 0.25) is 0 Å². The van der Waals surface area contributed by atoms with E-state index < -0.39 is 5.60 Å². The van der Waals surface area contributed by atoms with Crippen LogP contribution in [0.15, 0.2) is 48.6 Å². The summed E-state index contributed by atoms with van der Waals surface area (Å²) < 4.78 is 0. The van der Waals surface area contributed by atoms with E-state index in [1.807, 2.05) is 0 Å². The van der Waals surface area contributed by atoms with Gasteiger partial charge in [-0.05, 0) is 126 Å². The second kappa shape index (κ2) is 8.95. The summed E-state index contributed by atoms with van der Waals surface area (Å²) in [6.45, 7) is 7.36. The standard InChI is InChI=1S/C37H46O/c1-35(2)28-22-23-36(35,3)37(38,24-28)34-30-21-13-12-20-29(30)31(25-14-6-4-7-15-25)32(26-18-10-11-19-26)33(34)27-16-8-5-9-17-27/h4,6,12-14,18,20-21,27-28,38H,5,7-11,15-17,19,22-24H2,1-3H3. The van der Waals surface area contributed by atoms with Crippen LogP contribution in [0.2, 0.25) is 0 Å². The number of aliphatic hydroxyl groups is 1. The molecular formula is C37H46O. The smallest absolute Gasteiger partial charge is 0.0966 e. The number of rotatable bonds is 4. The lowest BCUT2D eigenvalue weighted by atomic mass is 9.59. The molecule has 2 aromatic carbocycles. The minimum atomic E-state index is -0.779. The lowest BCUT2D eigenvalue weighted by Crippen LogP contribution is -2.46. The maximum atomic E-state index is 13.3. The van der Waals surface area contributed by atoms with Crippen molar-refractivity contribution in [2.45, 2.75) is 116 Å². The lowest BCUT2D eigenvalue weighted by Gasteiger charge is -2.48. The zero-order valence-corrected chi connectivity index (χ0v) is 23.9. The summed E-state index contributed by atoms with van der Waals surface area (Å²) in [5.41, 5.74) is 8.28. The number of hydrogen-bond donors (Lipinski definition) is 1. The summed E-state index contributed by atoms with van der Waals surface area (Å²) >= 11 is 0. The van der Waals surface area contributed by atoms with Gasteiger partial charge in [-0.3, -0.25) is 0 Å². The molecule has 0 spiro atoms. The SMILES string of the molecule is CC1(C)C2CCC1(C)C(O)(c1c(C3CCCCC3)c(C3=CCCC3)c(C3=CC=CCC3)c3ccccc13)C2. The molecule has 0 saturated heterocycles. The molecule has 2 aromatic rings. The Hall–Kier alpha value is -2.12. The minimum Gasteiger partial charge on any atom is -0.385 e. The van der Waals surface area contributed by atoms with E-state index in [1.165, 1.54) is 85.3 Å². The Kier molecular flexibility index (Phi) is 5.86. The van der Waals surface area contributed by atoms with Crippen LogP contribution in [-0.2, 0) is 5.60 Å². The molecular weight excluding hydrogens is 460 g/mol. The second-order valence-corrected chi connectivity index (χ2v) is 14.1. The summed E-state index contributed by atoms with van der Waals surface area (Å²) in [5.74, 6) is 1.14. The zero-order valence-electron chi connectivity index (χ0n) is 23.9. The lowest BCUT2D eigenvalue weighted by molar-refractivity contribution is -0.0954. The summed E-state index contributed by atoms with van der Waals surface area (Å²) in [6, 6.07) is 9.21. The third kappa shape index (κ3) is 3.33. The van der Waals surface area contributed by atoms with E-state index in [0.29, 0.717) is 11.8 Å². The highest BCUT2D eigenvalue weighted by Crippen LogP contribution is 2.74. The van der Waals surface area contributed by atoms with Crippen LogP contribution in [0.25, 0.3) is 21.9 Å². The van der Waals surface area contributed by atoms with Gasteiger partial charge in [0.05, 0.1) is 5.60 Å². The molecule has 3 saturated carbocycles. The normalized spacial score (nSPS) is 32.7. The predicted octanol–water partition coefficient (Wildman–Crippen LogP) is 10.2. The fourth-order valence-corrected chi connectivity index (χ4v) is 9.73. The molecule has 2 bridgehead atoms. The summed E-state index contributed by atoms with van der Waals surface area (Å²) in [4.78, 5) is 0. The summed E-state index contributed by atoms with van der Waals surface area (Å²) in [6.07, 6.45) is 25.3. The van der Waals surface area contributed by atoms with E-state index in [9.17, 15) is 5.11 Å². The number of benzene rings is 2. The fourth-order valence-electron chi connectivity index (χ4n) is 9.73. The van der Waals surface area contributed by atoms with Gasteiger partial charge in [-0.2, -0.15) is 0 Å². The van der Waals surface area contributed by atoms with Crippen molar-refractivity contribution in [3.8, 4) is 0 Å². The molecule has 1 heteroatoms. The molecule has 7 rings (SSSR count). The Morgan fingerprint density at radius 2 is 1.61 bits per heavy atom. The van der Waals surface area contributed by atoms with E-state index >= 15 is 0 Å². The fraction of sp³-hybridized carbons (Fsp3) is 0.568. The first-order valence-electron chi connectivity index (χ1n) is 15.7. The Bertz CT molecular complexity index is 1360. The van der Waals surface area contributed by atoms with Gasteiger partial charge < -0.3 is 5.11 Å². The first kappa shape index (κ1) is 24.9. The Morgan fingerprint density at radius 3 is 2.24 bits per heavy atom. The quantitative estimate of drug-likeness (QED) is 0.437. The maximum absolute atomic E-state index is 13.3. The monoisotopic (exact) mass is 506 g/mol. The Balaban J connectivity index is 1.63. The highest BCUT2D eigenvalue weighted by Gasteiger charge is 2.69. The number of fused-ring (bicyclic) bond motifs is 3. The Morgan fingerprint density at radius 1 is 0.816 bits per heavy atom. The molecule has 1 N–H and O–H groups in total. The predicted molar refractivity (Wildman–Crippen MR) is 161 cm³/mol. The molecule has 0 heterocycles. The first-order valence-corrected chi connectivity index (χ1v) is 15.7. The molecule has 0 radical (unpaired) electrons. The van der Waals surface area contributed by atoms with Crippen LogP contribution in [0, 0.1) is 16.7 Å². The van der Waals surface area contributed by atoms with E-state index in [2.05, 4.69) is 69.3 Å². The number of allylic oxidation sites excluding steroid dienone is 6. The number of hydrogen-bond acceptors (Lipinski definition) is 1. The van der Waals surface area contributed by atoms with Gasteiger partial charge in [-0.25, -0.2) is 0 Å². The van der Waals surface area contributed by atoms with E-state index in [4.69, 9.17) is 0 Å². The summed E-state index contributed by atoms with van der Waals surface area (Å²) in [7, 11) is 0. The van der Waals surface area contributed by atoms with Crippen molar-refractivity contribution >= 4 is 21.9 Å². The third-order valence-corrected chi connectivity index (χ3v) is 12.3. The zero-order chi connectivity index (χ0) is 26.1. The topological polar surface area (TPSA) is 20.2 Å². The molecule has 3 atom stereocenters. The van der Waals surface area contributed by atoms with Gasteiger partial charge >= 0.3 is 0 Å². The highest BCUT2D eigenvalue weighted by atomic mass is 16.3. The van der Waals surface area contributed by atoms with Crippen molar-refractivity contribution in [3.05, 3.63) is 70.8 Å². The molecule has 200 valence electrons. The largest absolute Gasteiger partial charge is 0.385 e. The second-order valence-electron chi connectivity index (χ2n) is 14.1. The van der Waals surface area contributed by atoms with Gasteiger partial charge in [-0.15, -0.1) is 0 Å². The van der Waals surface area contributed by atoms with Crippen LogP contribution < -0.4 is 0 Å². The molecule has 0 aliphatic heterocycles. The van der Waals surface area contributed by atoms with Crippen molar-refractivity contribution in [2.75, 3.05) is 0 Å². The summed E-state index contributed by atoms with van der Waals surface area (Å²) in [5, 5.41) is 16.0. The van der Waals surface area contributed by atoms with E-state index in [-0.39, 0.29) is 10.8 Å². The molecule has 5 aliphatic rings.